The SMILES string of the molecule is NCc1ccc(F)c(N(C(N)=O)c2ccc(Br)cn2)c1. The fourth-order valence-electron chi connectivity index (χ4n) is 1.71. The van der Waals surface area contributed by atoms with E-state index in [2.05, 4.69) is 20.9 Å². The largest absolute Gasteiger partial charge is 0.351 e. The Kier molecular flexibility index (Phi) is 4.31. The molecule has 1 aromatic carbocycles. The standard InChI is InChI=1S/C13H12BrFN4O/c14-9-2-4-12(18-7-9)19(13(17)20)11-5-8(6-16)1-3-10(11)15/h1-5,7H,6,16H2,(H2,17,20). The molecular weight excluding hydrogens is 327 g/mol. The predicted octanol–water partition coefficient (Wildman–Crippen LogP) is 2.66. The molecular formula is C13H12BrFN4O. The summed E-state index contributed by atoms with van der Waals surface area (Å²) >= 11 is 3.24. The number of hydrogen-bond donors (Lipinski definition) is 2. The number of aromatic nitrogens is 1. The molecule has 104 valence electrons. The number of anilines is 2. The molecule has 0 saturated heterocycles. The van der Waals surface area contributed by atoms with Gasteiger partial charge in [-0.2, -0.15) is 0 Å². The minimum absolute atomic E-state index is 0.0234. The summed E-state index contributed by atoms with van der Waals surface area (Å²) < 4.78 is 14.7. The highest BCUT2D eigenvalue weighted by atomic mass is 79.9. The quantitative estimate of drug-likeness (QED) is 0.901. The molecule has 0 aliphatic carbocycles. The number of nitrogens with two attached hydrogens (primary N) is 2. The summed E-state index contributed by atoms with van der Waals surface area (Å²) in [5.41, 5.74) is 11.6. The van der Waals surface area contributed by atoms with Crippen LogP contribution in [0, 0.1) is 5.82 Å². The Morgan fingerprint density at radius 1 is 1.35 bits per heavy atom. The number of nitrogens with zero attached hydrogens (tertiary/aromatic N) is 2. The summed E-state index contributed by atoms with van der Waals surface area (Å²) in [5, 5.41) is 0. The molecule has 1 heterocycles. The first-order valence-electron chi connectivity index (χ1n) is 5.72. The van der Waals surface area contributed by atoms with Crippen molar-refractivity contribution in [3.63, 3.8) is 0 Å². The number of benzene rings is 1. The third kappa shape index (κ3) is 2.94. The number of halogens is 2. The molecule has 0 aliphatic rings. The van der Waals surface area contributed by atoms with Gasteiger partial charge in [0.15, 0.2) is 0 Å². The highest BCUT2D eigenvalue weighted by Gasteiger charge is 2.20. The third-order valence-corrected chi connectivity index (χ3v) is 3.12. The molecule has 0 saturated carbocycles. The number of amides is 2. The molecule has 4 N–H and O–H groups in total. The number of hydrogen-bond acceptors (Lipinski definition) is 3. The highest BCUT2D eigenvalue weighted by molar-refractivity contribution is 9.10. The van der Waals surface area contributed by atoms with E-state index in [1.165, 1.54) is 18.3 Å². The molecule has 0 aliphatic heterocycles. The van der Waals surface area contributed by atoms with E-state index >= 15 is 0 Å². The van der Waals surface area contributed by atoms with E-state index in [0.717, 1.165) is 9.37 Å². The summed E-state index contributed by atoms with van der Waals surface area (Å²) in [7, 11) is 0. The Hall–Kier alpha value is -1.99. The van der Waals surface area contributed by atoms with Crippen LogP contribution in [0.1, 0.15) is 5.56 Å². The van der Waals surface area contributed by atoms with Gasteiger partial charge in [0.1, 0.15) is 11.6 Å². The van der Waals surface area contributed by atoms with E-state index in [9.17, 15) is 9.18 Å². The molecule has 20 heavy (non-hydrogen) atoms. The average molecular weight is 339 g/mol. The van der Waals surface area contributed by atoms with E-state index in [0.29, 0.717) is 5.56 Å². The van der Waals surface area contributed by atoms with Gasteiger partial charge in [-0.05, 0) is 45.8 Å². The van der Waals surface area contributed by atoms with Gasteiger partial charge in [-0.3, -0.25) is 0 Å². The summed E-state index contributed by atoms with van der Waals surface area (Å²) in [4.78, 5) is 16.7. The first-order valence-corrected chi connectivity index (χ1v) is 6.52. The second kappa shape index (κ2) is 5.98. The lowest BCUT2D eigenvalue weighted by molar-refractivity contribution is 0.255. The number of primary amides is 1. The molecule has 0 atom stereocenters. The molecule has 0 spiro atoms. The van der Waals surface area contributed by atoms with Crippen LogP contribution in [-0.2, 0) is 6.54 Å². The second-order valence-electron chi connectivity index (χ2n) is 4.00. The summed E-state index contributed by atoms with van der Waals surface area (Å²) in [6, 6.07) is 6.68. The number of rotatable bonds is 3. The number of pyridine rings is 1. The van der Waals surface area contributed by atoms with Crippen LogP contribution < -0.4 is 16.4 Å². The zero-order valence-corrected chi connectivity index (χ0v) is 12.0. The maximum atomic E-state index is 14.0. The molecule has 0 fully saturated rings. The molecule has 0 bridgehead atoms. The zero-order valence-electron chi connectivity index (χ0n) is 10.4. The van der Waals surface area contributed by atoms with Crippen LogP contribution in [-0.4, -0.2) is 11.0 Å². The van der Waals surface area contributed by atoms with Gasteiger partial charge in [0.2, 0.25) is 0 Å². The molecule has 0 unspecified atom stereocenters. The first kappa shape index (κ1) is 14.4. The van der Waals surface area contributed by atoms with Crippen molar-refractivity contribution in [2.75, 3.05) is 4.90 Å². The summed E-state index contributed by atoms with van der Waals surface area (Å²) in [5.74, 6) is -0.348. The number of carbonyl (C=O) groups is 1. The Morgan fingerprint density at radius 2 is 2.10 bits per heavy atom. The summed E-state index contributed by atoms with van der Waals surface area (Å²) in [6.07, 6.45) is 1.50. The van der Waals surface area contributed by atoms with E-state index in [1.807, 2.05) is 0 Å². The number of carbonyl (C=O) groups excluding carboxylic acids is 1. The minimum Gasteiger partial charge on any atom is -0.351 e. The van der Waals surface area contributed by atoms with Gasteiger partial charge in [-0.25, -0.2) is 19.1 Å². The van der Waals surface area contributed by atoms with Crippen molar-refractivity contribution in [3.8, 4) is 0 Å². The van der Waals surface area contributed by atoms with Crippen molar-refractivity contribution in [3.05, 3.63) is 52.4 Å². The fraction of sp³-hybridized carbons (Fsp3) is 0.0769. The Balaban J connectivity index is 2.53. The second-order valence-corrected chi connectivity index (χ2v) is 4.91. The first-order chi connectivity index (χ1) is 9.52. The lowest BCUT2D eigenvalue weighted by Crippen LogP contribution is -2.32. The molecule has 1 aromatic heterocycles. The van der Waals surface area contributed by atoms with E-state index < -0.39 is 11.8 Å². The predicted molar refractivity (Wildman–Crippen MR) is 78.0 cm³/mol. The van der Waals surface area contributed by atoms with Crippen molar-refractivity contribution in [1.82, 2.24) is 4.98 Å². The van der Waals surface area contributed by atoms with Crippen LogP contribution in [0.25, 0.3) is 0 Å². The minimum atomic E-state index is -0.826. The molecule has 0 radical (unpaired) electrons. The molecule has 7 heteroatoms. The molecule has 5 nitrogen and oxygen atoms in total. The lowest BCUT2D eigenvalue weighted by atomic mass is 10.2. The highest BCUT2D eigenvalue weighted by Crippen LogP contribution is 2.28. The topological polar surface area (TPSA) is 85.2 Å². The van der Waals surface area contributed by atoms with Gasteiger partial charge in [-0.1, -0.05) is 6.07 Å². The average Bonchev–Trinajstić information content (AvgIpc) is 2.43. The monoisotopic (exact) mass is 338 g/mol. The van der Waals surface area contributed by atoms with Crippen LogP contribution in [0.15, 0.2) is 41.0 Å². The van der Waals surface area contributed by atoms with Crippen molar-refractivity contribution in [2.45, 2.75) is 6.54 Å². The third-order valence-electron chi connectivity index (χ3n) is 2.65. The normalized spacial score (nSPS) is 10.3. The van der Waals surface area contributed by atoms with Crippen molar-refractivity contribution >= 4 is 33.5 Å². The van der Waals surface area contributed by atoms with Crippen molar-refractivity contribution < 1.29 is 9.18 Å². The zero-order chi connectivity index (χ0) is 14.7. The van der Waals surface area contributed by atoms with Crippen molar-refractivity contribution in [1.29, 1.82) is 0 Å². The van der Waals surface area contributed by atoms with E-state index in [-0.39, 0.29) is 18.1 Å². The fourth-order valence-corrected chi connectivity index (χ4v) is 1.95. The Bertz CT molecular complexity index is 633. The van der Waals surface area contributed by atoms with Crippen LogP contribution in [0.4, 0.5) is 20.7 Å². The number of urea groups is 1. The van der Waals surface area contributed by atoms with Crippen LogP contribution in [0.5, 0.6) is 0 Å². The Morgan fingerprint density at radius 3 is 2.65 bits per heavy atom. The van der Waals surface area contributed by atoms with Crippen LogP contribution >= 0.6 is 15.9 Å². The van der Waals surface area contributed by atoms with Gasteiger partial charge in [0, 0.05) is 17.2 Å². The summed E-state index contributed by atoms with van der Waals surface area (Å²) in [6.45, 7) is 0.230. The van der Waals surface area contributed by atoms with Crippen molar-refractivity contribution in [2.24, 2.45) is 11.5 Å². The van der Waals surface area contributed by atoms with Gasteiger partial charge < -0.3 is 11.5 Å². The van der Waals surface area contributed by atoms with Gasteiger partial charge in [0.25, 0.3) is 0 Å². The van der Waals surface area contributed by atoms with E-state index in [1.54, 1.807) is 18.2 Å². The maximum absolute atomic E-state index is 14.0. The van der Waals surface area contributed by atoms with Crippen LogP contribution in [0.3, 0.4) is 0 Å². The van der Waals surface area contributed by atoms with Gasteiger partial charge >= 0.3 is 6.03 Å². The Labute approximate surface area is 123 Å². The molecule has 2 amide bonds. The van der Waals surface area contributed by atoms with E-state index in [4.69, 9.17) is 11.5 Å². The lowest BCUT2D eigenvalue weighted by Gasteiger charge is -2.20. The van der Waals surface area contributed by atoms with Gasteiger partial charge in [0.05, 0.1) is 5.69 Å². The molecule has 2 rings (SSSR count). The smallest absolute Gasteiger partial charge is 0.325 e. The maximum Gasteiger partial charge on any atom is 0.325 e. The van der Waals surface area contributed by atoms with Crippen LogP contribution in [0.2, 0.25) is 0 Å². The molecule has 2 aromatic rings. The van der Waals surface area contributed by atoms with Gasteiger partial charge in [-0.15, -0.1) is 0 Å².